The quantitative estimate of drug-likeness (QED) is 0.795. The minimum Gasteiger partial charge on any atom is -0.487 e. The summed E-state index contributed by atoms with van der Waals surface area (Å²) >= 11 is 0. The Labute approximate surface area is 163 Å². The van der Waals surface area contributed by atoms with E-state index in [1.807, 2.05) is 24.3 Å². The zero-order valence-electron chi connectivity index (χ0n) is 17.1. The van der Waals surface area contributed by atoms with Crippen molar-refractivity contribution in [1.82, 2.24) is 5.32 Å². The SMILES string of the molecule is CC1(C)C[C@H](NC(=O)CCc2ccc(C(C)(C)C)cc2)c2ccccc2O1. The van der Waals surface area contributed by atoms with Crippen LogP contribution < -0.4 is 10.1 Å². The number of amides is 1. The molecule has 0 radical (unpaired) electrons. The number of carbonyl (C=O) groups is 1. The first-order valence-corrected chi connectivity index (χ1v) is 9.81. The molecule has 27 heavy (non-hydrogen) atoms. The molecule has 1 heterocycles. The molecule has 1 amide bonds. The molecule has 3 heteroatoms. The van der Waals surface area contributed by atoms with E-state index in [1.54, 1.807) is 0 Å². The molecule has 3 nitrogen and oxygen atoms in total. The molecule has 3 rings (SSSR count). The van der Waals surface area contributed by atoms with Gasteiger partial charge in [0, 0.05) is 18.4 Å². The Morgan fingerprint density at radius 1 is 1.11 bits per heavy atom. The maximum Gasteiger partial charge on any atom is 0.220 e. The molecule has 2 aromatic rings. The number of para-hydroxylation sites is 1. The molecular weight excluding hydrogens is 334 g/mol. The summed E-state index contributed by atoms with van der Waals surface area (Å²) in [7, 11) is 0. The van der Waals surface area contributed by atoms with Gasteiger partial charge in [-0.2, -0.15) is 0 Å². The Morgan fingerprint density at radius 2 is 1.78 bits per heavy atom. The number of hydrogen-bond donors (Lipinski definition) is 1. The lowest BCUT2D eigenvalue weighted by atomic mass is 9.86. The first-order chi connectivity index (χ1) is 12.6. The highest BCUT2D eigenvalue weighted by Crippen LogP contribution is 2.39. The second-order valence-electron chi connectivity index (χ2n) is 9.17. The molecule has 0 fully saturated rings. The minimum absolute atomic E-state index is 0.000663. The zero-order valence-corrected chi connectivity index (χ0v) is 17.1. The van der Waals surface area contributed by atoms with E-state index in [9.17, 15) is 4.79 Å². The molecule has 1 N–H and O–H groups in total. The van der Waals surface area contributed by atoms with Crippen LogP contribution in [0.5, 0.6) is 5.75 Å². The van der Waals surface area contributed by atoms with Crippen molar-refractivity contribution >= 4 is 5.91 Å². The summed E-state index contributed by atoms with van der Waals surface area (Å²) in [6, 6.07) is 16.6. The Balaban J connectivity index is 1.61. The predicted octanol–water partition coefficient (Wildman–Crippen LogP) is 5.34. The van der Waals surface area contributed by atoms with Crippen molar-refractivity contribution in [2.24, 2.45) is 0 Å². The predicted molar refractivity (Wildman–Crippen MR) is 110 cm³/mol. The maximum atomic E-state index is 12.6. The molecular formula is C24H31NO2. The van der Waals surface area contributed by atoms with Crippen molar-refractivity contribution in [2.75, 3.05) is 0 Å². The molecule has 0 unspecified atom stereocenters. The fourth-order valence-electron chi connectivity index (χ4n) is 3.63. The van der Waals surface area contributed by atoms with Crippen LogP contribution in [0.1, 0.15) is 70.2 Å². The van der Waals surface area contributed by atoms with Crippen LogP contribution in [-0.4, -0.2) is 11.5 Å². The molecule has 0 saturated heterocycles. The van der Waals surface area contributed by atoms with E-state index in [2.05, 4.69) is 64.2 Å². The van der Waals surface area contributed by atoms with Crippen molar-refractivity contribution in [3.8, 4) is 5.75 Å². The number of rotatable bonds is 4. The molecule has 1 atom stereocenters. The monoisotopic (exact) mass is 365 g/mol. The number of fused-ring (bicyclic) bond motifs is 1. The summed E-state index contributed by atoms with van der Waals surface area (Å²) in [4.78, 5) is 12.6. The van der Waals surface area contributed by atoms with E-state index in [-0.39, 0.29) is 23.0 Å². The Morgan fingerprint density at radius 3 is 2.44 bits per heavy atom. The molecule has 144 valence electrons. The molecule has 0 saturated carbocycles. The van der Waals surface area contributed by atoms with Gasteiger partial charge in [0.1, 0.15) is 11.4 Å². The third kappa shape index (κ3) is 4.91. The van der Waals surface area contributed by atoms with E-state index >= 15 is 0 Å². The lowest BCUT2D eigenvalue weighted by Crippen LogP contribution is -2.41. The normalized spacial score (nSPS) is 18.3. The number of nitrogens with one attached hydrogen (secondary N) is 1. The minimum atomic E-state index is -0.283. The lowest BCUT2D eigenvalue weighted by molar-refractivity contribution is -0.122. The second-order valence-corrected chi connectivity index (χ2v) is 9.17. The average molecular weight is 366 g/mol. The van der Waals surface area contributed by atoms with Crippen molar-refractivity contribution in [3.05, 3.63) is 65.2 Å². The van der Waals surface area contributed by atoms with Crippen molar-refractivity contribution in [2.45, 2.75) is 70.9 Å². The zero-order chi connectivity index (χ0) is 19.7. The van der Waals surface area contributed by atoms with Gasteiger partial charge in [0.2, 0.25) is 5.91 Å². The fraction of sp³-hybridized carbons (Fsp3) is 0.458. The summed E-state index contributed by atoms with van der Waals surface area (Å²) < 4.78 is 6.05. The number of benzene rings is 2. The van der Waals surface area contributed by atoms with Crippen molar-refractivity contribution in [1.29, 1.82) is 0 Å². The van der Waals surface area contributed by atoms with Gasteiger partial charge in [-0.15, -0.1) is 0 Å². The van der Waals surface area contributed by atoms with Crippen LogP contribution in [0.2, 0.25) is 0 Å². The standard InChI is InChI=1S/C24H31NO2/c1-23(2,3)18-13-10-17(11-14-18)12-15-22(26)25-20-16-24(4,5)27-21-9-7-6-8-19(20)21/h6-11,13-14,20H,12,15-16H2,1-5H3,(H,25,26)/t20-/m0/s1. The summed E-state index contributed by atoms with van der Waals surface area (Å²) in [5.74, 6) is 0.962. The van der Waals surface area contributed by atoms with Crippen LogP contribution in [-0.2, 0) is 16.6 Å². The van der Waals surface area contributed by atoms with Crippen LogP contribution in [0.15, 0.2) is 48.5 Å². The number of aryl methyl sites for hydroxylation is 1. The number of ether oxygens (including phenoxy) is 1. The van der Waals surface area contributed by atoms with Gasteiger partial charge in [0.15, 0.2) is 0 Å². The maximum absolute atomic E-state index is 12.6. The van der Waals surface area contributed by atoms with Gasteiger partial charge in [-0.3, -0.25) is 4.79 Å². The van der Waals surface area contributed by atoms with E-state index in [4.69, 9.17) is 4.74 Å². The van der Waals surface area contributed by atoms with Crippen LogP contribution in [0.4, 0.5) is 0 Å². The Hall–Kier alpha value is -2.29. The highest BCUT2D eigenvalue weighted by molar-refractivity contribution is 5.77. The average Bonchev–Trinajstić information content (AvgIpc) is 2.58. The van der Waals surface area contributed by atoms with Gasteiger partial charge in [-0.25, -0.2) is 0 Å². The van der Waals surface area contributed by atoms with Gasteiger partial charge in [0.25, 0.3) is 0 Å². The first kappa shape index (κ1) is 19.5. The van der Waals surface area contributed by atoms with Crippen molar-refractivity contribution in [3.63, 3.8) is 0 Å². The fourth-order valence-corrected chi connectivity index (χ4v) is 3.63. The Kier molecular flexibility index (Phi) is 5.32. The van der Waals surface area contributed by atoms with Gasteiger partial charge in [-0.1, -0.05) is 63.2 Å². The molecule has 1 aliphatic rings. The molecule has 0 bridgehead atoms. The van der Waals surface area contributed by atoms with Crippen LogP contribution in [0.3, 0.4) is 0 Å². The molecule has 0 spiro atoms. The topological polar surface area (TPSA) is 38.3 Å². The van der Waals surface area contributed by atoms with Gasteiger partial charge >= 0.3 is 0 Å². The van der Waals surface area contributed by atoms with Crippen LogP contribution in [0, 0.1) is 0 Å². The summed E-state index contributed by atoms with van der Waals surface area (Å²) in [6.07, 6.45) is 2.02. The third-order valence-corrected chi connectivity index (χ3v) is 5.17. The van der Waals surface area contributed by atoms with Crippen LogP contribution in [0.25, 0.3) is 0 Å². The lowest BCUT2D eigenvalue weighted by Gasteiger charge is -2.37. The van der Waals surface area contributed by atoms with E-state index in [0.29, 0.717) is 6.42 Å². The highest BCUT2D eigenvalue weighted by Gasteiger charge is 2.34. The van der Waals surface area contributed by atoms with E-state index in [0.717, 1.165) is 24.2 Å². The number of carbonyl (C=O) groups excluding carboxylic acids is 1. The largest absolute Gasteiger partial charge is 0.487 e. The summed E-state index contributed by atoms with van der Waals surface area (Å²) in [6.45, 7) is 10.8. The summed E-state index contributed by atoms with van der Waals surface area (Å²) in [5, 5.41) is 3.22. The van der Waals surface area contributed by atoms with Gasteiger partial charge in [-0.05, 0) is 42.9 Å². The number of hydrogen-bond acceptors (Lipinski definition) is 2. The Bertz CT molecular complexity index is 800. The second kappa shape index (κ2) is 7.38. The molecule has 0 aliphatic carbocycles. The van der Waals surface area contributed by atoms with Crippen LogP contribution >= 0.6 is 0 Å². The highest BCUT2D eigenvalue weighted by atomic mass is 16.5. The molecule has 0 aromatic heterocycles. The van der Waals surface area contributed by atoms with Crippen molar-refractivity contribution < 1.29 is 9.53 Å². The first-order valence-electron chi connectivity index (χ1n) is 9.81. The van der Waals surface area contributed by atoms with E-state index < -0.39 is 0 Å². The van der Waals surface area contributed by atoms with Gasteiger partial charge in [0.05, 0.1) is 6.04 Å². The van der Waals surface area contributed by atoms with E-state index in [1.165, 1.54) is 11.1 Å². The summed E-state index contributed by atoms with van der Waals surface area (Å²) in [5.41, 5.74) is 3.45. The molecule has 2 aromatic carbocycles. The van der Waals surface area contributed by atoms with Gasteiger partial charge < -0.3 is 10.1 Å². The smallest absolute Gasteiger partial charge is 0.220 e. The third-order valence-electron chi connectivity index (χ3n) is 5.17. The molecule has 1 aliphatic heterocycles.